The fourth-order valence-electron chi connectivity index (χ4n) is 3.63. The Labute approximate surface area is 181 Å². The molecule has 0 aliphatic carbocycles. The van der Waals surface area contributed by atoms with Gasteiger partial charge in [-0.15, -0.1) is 0 Å². The van der Waals surface area contributed by atoms with Gasteiger partial charge in [0.05, 0.1) is 22.8 Å². The fourth-order valence-corrected chi connectivity index (χ4v) is 4.07. The first-order chi connectivity index (χ1) is 14.0. The standard InChI is InChI=1S/C21H23ClN6S/c1-26(2)12-13-28-20(19(25-21(28)29)16-6-3-4-10-23-16)17-7-5-11-27(17)18-9-8-15(22)14-24-18/h3-11,14,19-20H,12-13H2,1-2H3,(H,25,29)/t19-,20+/m1/s1. The zero-order valence-electron chi connectivity index (χ0n) is 16.4. The third kappa shape index (κ3) is 4.12. The number of nitrogens with one attached hydrogen (secondary N) is 1. The Morgan fingerprint density at radius 3 is 2.69 bits per heavy atom. The largest absolute Gasteiger partial charge is 0.352 e. The van der Waals surface area contributed by atoms with Crippen molar-refractivity contribution in [3.05, 3.63) is 77.5 Å². The van der Waals surface area contributed by atoms with Crippen LogP contribution < -0.4 is 5.32 Å². The van der Waals surface area contributed by atoms with Crippen LogP contribution in [-0.2, 0) is 0 Å². The Morgan fingerprint density at radius 2 is 2.00 bits per heavy atom. The molecule has 150 valence electrons. The van der Waals surface area contributed by atoms with E-state index in [0.29, 0.717) is 5.02 Å². The molecule has 1 aliphatic heterocycles. The summed E-state index contributed by atoms with van der Waals surface area (Å²) in [6, 6.07) is 13.8. The van der Waals surface area contributed by atoms with Gasteiger partial charge in [0.2, 0.25) is 0 Å². The second-order valence-corrected chi connectivity index (χ2v) is 8.08. The van der Waals surface area contributed by atoms with Gasteiger partial charge in [0.25, 0.3) is 0 Å². The van der Waals surface area contributed by atoms with Gasteiger partial charge in [-0.2, -0.15) is 0 Å². The van der Waals surface area contributed by atoms with Crippen molar-refractivity contribution in [1.82, 2.24) is 29.7 Å². The molecule has 0 radical (unpaired) electrons. The number of nitrogens with zero attached hydrogens (tertiary/aromatic N) is 5. The smallest absolute Gasteiger partial charge is 0.170 e. The molecule has 0 saturated carbocycles. The van der Waals surface area contributed by atoms with Gasteiger partial charge in [0.15, 0.2) is 5.11 Å². The van der Waals surface area contributed by atoms with E-state index in [2.05, 4.69) is 49.8 Å². The van der Waals surface area contributed by atoms with Crippen molar-refractivity contribution in [2.45, 2.75) is 12.1 Å². The van der Waals surface area contributed by atoms with Crippen LogP contribution in [0.25, 0.3) is 5.82 Å². The number of hydrogen-bond donors (Lipinski definition) is 1. The Balaban J connectivity index is 1.77. The molecule has 4 heterocycles. The van der Waals surface area contributed by atoms with Crippen LogP contribution in [0.5, 0.6) is 0 Å². The molecule has 0 amide bonds. The minimum absolute atomic E-state index is 0.00942. The second kappa shape index (κ2) is 8.49. The number of aromatic nitrogens is 3. The van der Waals surface area contributed by atoms with E-state index in [1.807, 2.05) is 48.8 Å². The van der Waals surface area contributed by atoms with E-state index in [4.69, 9.17) is 23.8 Å². The lowest BCUT2D eigenvalue weighted by molar-refractivity contribution is 0.272. The van der Waals surface area contributed by atoms with Crippen LogP contribution in [0, 0.1) is 0 Å². The zero-order valence-corrected chi connectivity index (χ0v) is 17.9. The zero-order chi connectivity index (χ0) is 20.4. The highest BCUT2D eigenvalue weighted by Crippen LogP contribution is 2.39. The number of rotatable bonds is 6. The maximum absolute atomic E-state index is 6.04. The summed E-state index contributed by atoms with van der Waals surface area (Å²) in [5.41, 5.74) is 2.06. The molecular weight excluding hydrogens is 404 g/mol. The molecule has 1 aliphatic rings. The SMILES string of the molecule is CN(C)CCN1C(=S)N[C@H](c2ccccn2)[C@@H]1c1cccn1-c1ccc(Cl)cn1. The normalized spacial score (nSPS) is 19.0. The van der Waals surface area contributed by atoms with Crippen molar-refractivity contribution >= 4 is 28.9 Å². The minimum Gasteiger partial charge on any atom is -0.352 e. The van der Waals surface area contributed by atoms with Crippen molar-refractivity contribution in [3.8, 4) is 5.82 Å². The Bertz CT molecular complexity index is 972. The number of likely N-dealkylation sites (N-methyl/N-ethyl adjacent to an activating group) is 1. The van der Waals surface area contributed by atoms with Gasteiger partial charge in [-0.3, -0.25) is 4.98 Å². The minimum atomic E-state index is -0.0492. The number of thiocarbonyl (C=S) groups is 1. The van der Waals surface area contributed by atoms with Crippen LogP contribution in [0.15, 0.2) is 61.1 Å². The maximum atomic E-state index is 6.04. The predicted octanol–water partition coefficient (Wildman–Crippen LogP) is 3.45. The topological polar surface area (TPSA) is 49.2 Å². The molecule has 0 bridgehead atoms. The Morgan fingerprint density at radius 1 is 1.14 bits per heavy atom. The molecule has 0 spiro atoms. The van der Waals surface area contributed by atoms with Crippen molar-refractivity contribution < 1.29 is 0 Å². The van der Waals surface area contributed by atoms with Gasteiger partial charge in [0.1, 0.15) is 5.82 Å². The molecule has 1 N–H and O–H groups in total. The van der Waals surface area contributed by atoms with E-state index in [1.165, 1.54) is 0 Å². The van der Waals surface area contributed by atoms with E-state index in [-0.39, 0.29) is 12.1 Å². The van der Waals surface area contributed by atoms with E-state index in [9.17, 15) is 0 Å². The molecule has 2 atom stereocenters. The lowest BCUT2D eigenvalue weighted by atomic mass is 10.0. The van der Waals surface area contributed by atoms with Crippen LogP contribution in [0.4, 0.5) is 0 Å². The third-order valence-electron chi connectivity index (χ3n) is 5.03. The second-order valence-electron chi connectivity index (χ2n) is 7.26. The van der Waals surface area contributed by atoms with Crippen LogP contribution in [0.2, 0.25) is 5.02 Å². The van der Waals surface area contributed by atoms with Crippen LogP contribution >= 0.6 is 23.8 Å². The summed E-state index contributed by atoms with van der Waals surface area (Å²) in [5, 5.41) is 4.85. The molecule has 29 heavy (non-hydrogen) atoms. The summed E-state index contributed by atoms with van der Waals surface area (Å²) < 4.78 is 2.09. The van der Waals surface area contributed by atoms with Gasteiger partial charge in [-0.1, -0.05) is 17.7 Å². The molecule has 0 aromatic carbocycles. The van der Waals surface area contributed by atoms with Gasteiger partial charge >= 0.3 is 0 Å². The van der Waals surface area contributed by atoms with Gasteiger partial charge in [0, 0.05) is 37.4 Å². The van der Waals surface area contributed by atoms with Crippen molar-refractivity contribution in [2.75, 3.05) is 27.2 Å². The summed E-state index contributed by atoms with van der Waals surface area (Å²) in [6.07, 6.45) is 5.50. The van der Waals surface area contributed by atoms with Crippen LogP contribution in [-0.4, -0.2) is 56.6 Å². The van der Waals surface area contributed by atoms with Crippen LogP contribution in [0.3, 0.4) is 0 Å². The number of hydrogen-bond acceptors (Lipinski definition) is 4. The predicted molar refractivity (Wildman–Crippen MR) is 119 cm³/mol. The molecule has 6 nitrogen and oxygen atoms in total. The summed E-state index contributed by atoms with van der Waals surface area (Å²) in [6.45, 7) is 1.71. The van der Waals surface area contributed by atoms with E-state index < -0.39 is 0 Å². The van der Waals surface area contributed by atoms with Gasteiger partial charge < -0.3 is 19.7 Å². The Kier molecular flexibility index (Phi) is 5.80. The first kappa shape index (κ1) is 19.8. The van der Waals surface area contributed by atoms with Crippen LogP contribution in [0.1, 0.15) is 23.5 Å². The van der Waals surface area contributed by atoms with Crippen molar-refractivity contribution in [2.24, 2.45) is 0 Å². The third-order valence-corrected chi connectivity index (χ3v) is 5.60. The molecule has 1 saturated heterocycles. The van der Waals surface area contributed by atoms with Gasteiger partial charge in [-0.05, 0) is 62.7 Å². The summed E-state index contributed by atoms with van der Waals surface area (Å²) in [7, 11) is 4.14. The first-order valence-corrected chi connectivity index (χ1v) is 10.2. The molecule has 4 rings (SSSR count). The molecule has 8 heteroatoms. The number of pyridine rings is 2. The highest BCUT2D eigenvalue weighted by molar-refractivity contribution is 7.80. The highest BCUT2D eigenvalue weighted by atomic mass is 35.5. The molecule has 3 aromatic heterocycles. The van der Waals surface area contributed by atoms with E-state index >= 15 is 0 Å². The lowest BCUT2D eigenvalue weighted by Crippen LogP contribution is -2.36. The van der Waals surface area contributed by atoms with Crippen molar-refractivity contribution in [1.29, 1.82) is 0 Å². The highest BCUT2D eigenvalue weighted by Gasteiger charge is 2.41. The molecule has 0 unspecified atom stereocenters. The summed E-state index contributed by atoms with van der Waals surface area (Å²) in [4.78, 5) is 13.5. The average Bonchev–Trinajstić information content (AvgIpc) is 3.32. The van der Waals surface area contributed by atoms with Crippen molar-refractivity contribution in [3.63, 3.8) is 0 Å². The molecular formula is C21H23ClN6S. The monoisotopic (exact) mass is 426 g/mol. The maximum Gasteiger partial charge on any atom is 0.170 e. The molecule has 1 fully saturated rings. The first-order valence-electron chi connectivity index (χ1n) is 9.46. The quantitative estimate of drug-likeness (QED) is 0.609. The van der Waals surface area contributed by atoms with Gasteiger partial charge in [-0.25, -0.2) is 4.98 Å². The van der Waals surface area contributed by atoms with E-state index in [1.54, 1.807) is 6.20 Å². The van der Waals surface area contributed by atoms with E-state index in [0.717, 1.165) is 35.4 Å². The fraction of sp³-hybridized carbons (Fsp3) is 0.286. The lowest BCUT2D eigenvalue weighted by Gasteiger charge is -2.29. The Hall–Kier alpha value is -2.48. The summed E-state index contributed by atoms with van der Waals surface area (Å²) in [5.74, 6) is 0.819. The average molecular weight is 427 g/mol. The summed E-state index contributed by atoms with van der Waals surface area (Å²) >= 11 is 11.8. The number of halogens is 1. The molecule has 3 aromatic rings.